The van der Waals surface area contributed by atoms with Gasteiger partial charge in [-0.15, -0.1) is 0 Å². The highest BCUT2D eigenvalue weighted by atomic mass is 35.5. The summed E-state index contributed by atoms with van der Waals surface area (Å²) >= 11 is 6.01. The molecule has 0 saturated heterocycles. The van der Waals surface area contributed by atoms with Crippen molar-refractivity contribution < 1.29 is 14.4 Å². The topological polar surface area (TPSA) is 51.2 Å². The average molecular weight is 327 g/mol. The zero-order valence-corrected chi connectivity index (χ0v) is 13.1. The number of hydrogen-bond acceptors (Lipinski definition) is 3. The summed E-state index contributed by atoms with van der Waals surface area (Å²) in [7, 11) is 0. The Morgan fingerprint density at radius 2 is 1.43 bits per heavy atom. The first-order valence-electron chi connectivity index (χ1n) is 7.47. The van der Waals surface area contributed by atoms with E-state index < -0.39 is 11.7 Å². The molecule has 0 aromatic heterocycles. The van der Waals surface area contributed by atoms with E-state index in [4.69, 9.17) is 11.6 Å². The molecule has 3 rings (SSSR count). The van der Waals surface area contributed by atoms with Crippen LogP contribution in [0.5, 0.6) is 0 Å². The van der Waals surface area contributed by atoms with E-state index in [1.165, 1.54) is 0 Å². The molecular weight excluding hydrogens is 312 g/mol. The van der Waals surface area contributed by atoms with Gasteiger partial charge in [0.25, 0.3) is 0 Å². The SMILES string of the molecule is O=C1CC(c2ccccc2)CC(=O)C1C(=O)c1ccccc1Cl. The van der Waals surface area contributed by atoms with Gasteiger partial charge in [-0.25, -0.2) is 0 Å². The summed E-state index contributed by atoms with van der Waals surface area (Å²) < 4.78 is 0. The van der Waals surface area contributed by atoms with Crippen molar-refractivity contribution >= 4 is 29.0 Å². The molecule has 1 fully saturated rings. The quantitative estimate of drug-likeness (QED) is 0.636. The summed E-state index contributed by atoms with van der Waals surface area (Å²) in [5, 5.41) is 0.267. The lowest BCUT2D eigenvalue weighted by Gasteiger charge is -2.26. The predicted molar refractivity (Wildman–Crippen MR) is 87.7 cm³/mol. The van der Waals surface area contributed by atoms with Crippen LogP contribution in [0.2, 0.25) is 5.02 Å². The van der Waals surface area contributed by atoms with Crippen molar-refractivity contribution in [2.75, 3.05) is 0 Å². The number of halogens is 1. The summed E-state index contributed by atoms with van der Waals surface area (Å²) in [6.45, 7) is 0. The van der Waals surface area contributed by atoms with Crippen LogP contribution < -0.4 is 0 Å². The molecule has 4 heteroatoms. The fourth-order valence-electron chi connectivity index (χ4n) is 3.04. The van der Waals surface area contributed by atoms with Gasteiger partial charge in [-0.3, -0.25) is 14.4 Å². The smallest absolute Gasteiger partial charge is 0.182 e. The molecule has 2 aromatic carbocycles. The maximum atomic E-state index is 12.6. The van der Waals surface area contributed by atoms with E-state index in [0.29, 0.717) is 0 Å². The van der Waals surface area contributed by atoms with Gasteiger partial charge in [-0.1, -0.05) is 54.1 Å². The summed E-state index contributed by atoms with van der Waals surface area (Å²) in [4.78, 5) is 37.4. The third-order valence-electron chi connectivity index (χ3n) is 4.21. The Balaban J connectivity index is 1.84. The maximum absolute atomic E-state index is 12.6. The van der Waals surface area contributed by atoms with Crippen molar-refractivity contribution in [3.63, 3.8) is 0 Å². The third kappa shape index (κ3) is 3.10. The Hall–Kier alpha value is -2.26. The molecule has 1 saturated carbocycles. The highest BCUT2D eigenvalue weighted by Gasteiger charge is 2.41. The van der Waals surface area contributed by atoms with Gasteiger partial charge in [0, 0.05) is 18.4 Å². The molecular formula is C19H15ClO3. The number of hydrogen-bond donors (Lipinski definition) is 0. The van der Waals surface area contributed by atoms with Crippen LogP contribution in [0.1, 0.15) is 34.7 Å². The number of ketones is 3. The van der Waals surface area contributed by atoms with E-state index in [9.17, 15) is 14.4 Å². The molecule has 0 bridgehead atoms. The van der Waals surface area contributed by atoms with Crippen molar-refractivity contribution in [3.8, 4) is 0 Å². The van der Waals surface area contributed by atoms with Crippen molar-refractivity contribution in [2.24, 2.45) is 5.92 Å². The van der Waals surface area contributed by atoms with Crippen LogP contribution in [0.4, 0.5) is 0 Å². The van der Waals surface area contributed by atoms with E-state index in [0.717, 1.165) is 5.56 Å². The molecule has 0 unspecified atom stereocenters. The largest absolute Gasteiger partial charge is 0.298 e. The normalized spacial score (nSPS) is 21.3. The number of rotatable bonds is 3. The van der Waals surface area contributed by atoms with Crippen LogP contribution in [-0.4, -0.2) is 17.3 Å². The zero-order valence-electron chi connectivity index (χ0n) is 12.4. The van der Waals surface area contributed by atoms with Crippen LogP contribution in [0, 0.1) is 5.92 Å². The van der Waals surface area contributed by atoms with Gasteiger partial charge in [0.1, 0.15) is 5.92 Å². The molecule has 116 valence electrons. The molecule has 2 aromatic rings. The lowest BCUT2D eigenvalue weighted by Crippen LogP contribution is -2.38. The van der Waals surface area contributed by atoms with Gasteiger partial charge in [-0.05, 0) is 23.6 Å². The summed E-state index contributed by atoms with van der Waals surface area (Å²) in [6, 6.07) is 16.0. The second kappa shape index (κ2) is 6.47. The second-order valence-electron chi connectivity index (χ2n) is 5.73. The van der Waals surface area contributed by atoms with Gasteiger partial charge in [-0.2, -0.15) is 0 Å². The number of benzene rings is 2. The minimum absolute atomic E-state index is 0.147. The Kier molecular flexibility index (Phi) is 4.39. The molecule has 0 atom stereocenters. The fraction of sp³-hybridized carbons (Fsp3) is 0.211. The van der Waals surface area contributed by atoms with Crippen molar-refractivity contribution in [1.82, 2.24) is 0 Å². The molecule has 0 amide bonds. The van der Waals surface area contributed by atoms with Crippen LogP contribution >= 0.6 is 11.6 Å². The van der Waals surface area contributed by atoms with Gasteiger partial charge >= 0.3 is 0 Å². The fourth-order valence-corrected chi connectivity index (χ4v) is 3.27. The molecule has 23 heavy (non-hydrogen) atoms. The summed E-state index contributed by atoms with van der Waals surface area (Å²) in [5.41, 5.74) is 1.19. The van der Waals surface area contributed by atoms with Crippen LogP contribution in [-0.2, 0) is 9.59 Å². The number of Topliss-reactive ketones (excluding diaryl/α,β-unsaturated/α-hetero) is 3. The molecule has 0 spiro atoms. The standard InChI is InChI=1S/C19H15ClO3/c20-15-9-5-4-8-14(15)19(23)18-16(21)10-13(11-17(18)22)12-6-2-1-3-7-12/h1-9,13,18H,10-11H2. The van der Waals surface area contributed by atoms with E-state index in [1.54, 1.807) is 24.3 Å². The minimum atomic E-state index is -1.21. The van der Waals surface area contributed by atoms with Gasteiger partial charge in [0.05, 0.1) is 5.02 Å². The molecule has 1 aliphatic rings. The van der Waals surface area contributed by atoms with Crippen LogP contribution in [0.15, 0.2) is 54.6 Å². The first-order valence-corrected chi connectivity index (χ1v) is 7.85. The average Bonchev–Trinajstić information content (AvgIpc) is 2.55. The monoisotopic (exact) mass is 326 g/mol. The summed E-state index contributed by atoms with van der Waals surface area (Å²) in [6.07, 6.45) is 0.410. The Bertz CT molecular complexity index is 749. The highest BCUT2D eigenvalue weighted by molar-refractivity contribution is 6.36. The third-order valence-corrected chi connectivity index (χ3v) is 4.54. The molecule has 1 aliphatic carbocycles. The van der Waals surface area contributed by atoms with Gasteiger partial charge < -0.3 is 0 Å². The van der Waals surface area contributed by atoms with Gasteiger partial charge in [0.15, 0.2) is 17.3 Å². The maximum Gasteiger partial charge on any atom is 0.182 e. The number of carbonyl (C=O) groups is 3. The second-order valence-corrected chi connectivity index (χ2v) is 6.13. The Labute approximate surface area is 139 Å². The van der Waals surface area contributed by atoms with E-state index >= 15 is 0 Å². The minimum Gasteiger partial charge on any atom is -0.298 e. The van der Waals surface area contributed by atoms with Crippen molar-refractivity contribution in [3.05, 3.63) is 70.7 Å². The molecule has 0 heterocycles. The van der Waals surface area contributed by atoms with E-state index in [1.807, 2.05) is 30.3 Å². The lowest BCUT2D eigenvalue weighted by molar-refractivity contribution is -0.133. The van der Waals surface area contributed by atoms with Crippen molar-refractivity contribution in [2.45, 2.75) is 18.8 Å². The van der Waals surface area contributed by atoms with Crippen molar-refractivity contribution in [1.29, 1.82) is 0 Å². The predicted octanol–water partition coefficient (Wildman–Crippen LogP) is 3.85. The molecule has 3 nitrogen and oxygen atoms in total. The van der Waals surface area contributed by atoms with Crippen LogP contribution in [0.25, 0.3) is 0 Å². The first kappa shape index (κ1) is 15.6. The lowest BCUT2D eigenvalue weighted by atomic mass is 9.74. The number of carbonyl (C=O) groups excluding carboxylic acids is 3. The van der Waals surface area contributed by atoms with Gasteiger partial charge in [0.2, 0.25) is 0 Å². The van der Waals surface area contributed by atoms with Crippen LogP contribution in [0.3, 0.4) is 0 Å². The van der Waals surface area contributed by atoms with E-state index in [-0.39, 0.29) is 40.9 Å². The molecule has 0 radical (unpaired) electrons. The molecule has 0 N–H and O–H groups in total. The first-order chi connectivity index (χ1) is 11.1. The summed E-state index contributed by atoms with van der Waals surface area (Å²) in [5.74, 6) is -2.49. The Morgan fingerprint density at radius 3 is 2.04 bits per heavy atom. The molecule has 0 aliphatic heterocycles. The highest BCUT2D eigenvalue weighted by Crippen LogP contribution is 2.33. The zero-order chi connectivity index (χ0) is 16.4. The Morgan fingerprint density at radius 1 is 0.870 bits per heavy atom. The van der Waals surface area contributed by atoms with E-state index in [2.05, 4.69) is 0 Å².